The molecule has 1 fully saturated rings. The smallest absolute Gasteiger partial charge is 0.269 e. The van der Waals surface area contributed by atoms with E-state index in [0.29, 0.717) is 22.8 Å². The Morgan fingerprint density at radius 1 is 0.970 bits per heavy atom. The highest BCUT2D eigenvalue weighted by molar-refractivity contribution is 9.10. The van der Waals surface area contributed by atoms with Crippen LogP contribution in [-0.2, 0) is 16.0 Å². The molecule has 164 valence electrons. The number of anilines is 2. The zero-order chi connectivity index (χ0) is 23.4. The molecule has 1 N–H and O–H groups in total. The highest BCUT2D eigenvalue weighted by Gasteiger charge is 2.40. The van der Waals surface area contributed by atoms with Crippen molar-refractivity contribution < 1.29 is 9.59 Å². The van der Waals surface area contributed by atoms with E-state index in [1.807, 2.05) is 48.5 Å². The van der Waals surface area contributed by atoms with Crippen molar-refractivity contribution in [2.24, 2.45) is 0 Å². The van der Waals surface area contributed by atoms with E-state index < -0.39 is 11.2 Å². The van der Waals surface area contributed by atoms with Crippen LogP contribution in [0.3, 0.4) is 0 Å². The van der Waals surface area contributed by atoms with E-state index in [2.05, 4.69) is 37.2 Å². The van der Waals surface area contributed by atoms with Gasteiger partial charge in [-0.15, -0.1) is 0 Å². The molecule has 3 aromatic carbocycles. The number of halogens is 2. The zero-order valence-corrected chi connectivity index (χ0v) is 21.2. The van der Waals surface area contributed by atoms with Crippen LogP contribution in [0.25, 0.3) is 0 Å². The quantitative estimate of drug-likeness (QED) is 0.284. The van der Waals surface area contributed by atoms with E-state index in [4.69, 9.17) is 0 Å². The second-order valence-electron chi connectivity index (χ2n) is 7.20. The van der Waals surface area contributed by atoms with Crippen molar-refractivity contribution in [3.63, 3.8) is 0 Å². The summed E-state index contributed by atoms with van der Waals surface area (Å²) in [5, 5.41) is 12.5. The predicted octanol–water partition coefficient (Wildman–Crippen LogP) is 6.28. The van der Waals surface area contributed by atoms with Crippen LogP contribution in [0.4, 0.5) is 11.4 Å². The van der Waals surface area contributed by atoms with Gasteiger partial charge in [0.05, 0.1) is 5.25 Å². The molecule has 1 saturated heterocycles. The number of para-hydroxylation sites is 1. The van der Waals surface area contributed by atoms with Crippen LogP contribution >= 0.6 is 43.6 Å². The van der Waals surface area contributed by atoms with Gasteiger partial charge in [0.25, 0.3) is 5.91 Å². The van der Waals surface area contributed by atoms with Crippen molar-refractivity contribution in [3.8, 4) is 6.07 Å². The average molecular weight is 583 g/mol. The number of nitriles is 1. The molecule has 0 saturated carbocycles. The van der Waals surface area contributed by atoms with Crippen LogP contribution in [-0.4, -0.2) is 17.1 Å². The first kappa shape index (κ1) is 23.3. The molecule has 4 rings (SSSR count). The van der Waals surface area contributed by atoms with E-state index >= 15 is 0 Å². The van der Waals surface area contributed by atoms with E-state index in [0.717, 1.165) is 14.5 Å². The highest BCUT2D eigenvalue weighted by Crippen LogP contribution is 2.42. The molecule has 3 aromatic rings. The lowest BCUT2D eigenvalue weighted by Crippen LogP contribution is -2.30. The lowest BCUT2D eigenvalue weighted by molar-refractivity contribution is -0.117. The second-order valence-corrected chi connectivity index (χ2v) is 10.2. The molecule has 0 bridgehead atoms. The molecule has 0 aromatic heterocycles. The maximum Gasteiger partial charge on any atom is 0.269 e. The Kier molecular flexibility index (Phi) is 7.33. The third-order valence-electron chi connectivity index (χ3n) is 4.96. The summed E-state index contributed by atoms with van der Waals surface area (Å²) in [6, 6.07) is 25.9. The van der Waals surface area contributed by atoms with E-state index in [1.165, 1.54) is 16.7 Å². The molecule has 0 spiro atoms. The van der Waals surface area contributed by atoms with Crippen LogP contribution in [0.1, 0.15) is 5.56 Å². The van der Waals surface area contributed by atoms with Crippen LogP contribution in [0, 0.1) is 11.3 Å². The Morgan fingerprint density at radius 2 is 1.58 bits per heavy atom. The molecule has 8 heteroatoms. The first-order valence-electron chi connectivity index (χ1n) is 9.97. The minimum atomic E-state index is -0.551. The largest absolute Gasteiger partial charge is 0.321 e. The molecule has 1 unspecified atom stereocenters. The topological polar surface area (TPSA) is 73.2 Å². The summed E-state index contributed by atoms with van der Waals surface area (Å²) < 4.78 is 1.82. The fourth-order valence-corrected chi connectivity index (χ4v) is 5.20. The summed E-state index contributed by atoms with van der Waals surface area (Å²) in [4.78, 5) is 28.0. The van der Waals surface area contributed by atoms with E-state index in [1.54, 1.807) is 36.4 Å². The van der Waals surface area contributed by atoms with E-state index in [9.17, 15) is 14.9 Å². The van der Waals surface area contributed by atoms with Crippen molar-refractivity contribution >= 4 is 66.8 Å². The number of hydrogen-bond donors (Lipinski definition) is 1. The fraction of sp³-hybridized carbons (Fsp3) is 0.0800. The van der Waals surface area contributed by atoms with Gasteiger partial charge in [0.2, 0.25) is 5.91 Å². The molecule has 1 aliphatic rings. The van der Waals surface area contributed by atoms with Gasteiger partial charge in [-0.1, -0.05) is 74.0 Å². The first-order chi connectivity index (χ1) is 16.0. The summed E-state index contributed by atoms with van der Waals surface area (Å²) in [6.45, 7) is 0. The molecule has 0 aliphatic carbocycles. The average Bonchev–Trinajstić information content (AvgIpc) is 3.12. The molecular formula is C25H17Br2N3O2S. The van der Waals surface area contributed by atoms with Gasteiger partial charge in [-0.2, -0.15) is 5.26 Å². The molecule has 5 nitrogen and oxygen atoms in total. The maximum atomic E-state index is 13.5. The summed E-state index contributed by atoms with van der Waals surface area (Å²) in [5.74, 6) is -0.717. The monoisotopic (exact) mass is 581 g/mol. The Balaban J connectivity index is 1.72. The molecule has 2 amide bonds. The Bertz CT molecular complexity index is 1250. The van der Waals surface area contributed by atoms with Crippen LogP contribution in [0.2, 0.25) is 0 Å². The zero-order valence-electron chi connectivity index (χ0n) is 17.2. The fourth-order valence-electron chi connectivity index (χ4n) is 3.36. The number of nitrogens with one attached hydrogen (secondary N) is 1. The minimum Gasteiger partial charge on any atom is -0.321 e. The van der Waals surface area contributed by atoms with Crippen LogP contribution in [0.5, 0.6) is 0 Å². The molecule has 1 atom stereocenters. The Morgan fingerprint density at radius 3 is 2.18 bits per heavy atom. The summed E-state index contributed by atoms with van der Waals surface area (Å²) in [7, 11) is 0. The second kappa shape index (κ2) is 10.4. The van der Waals surface area contributed by atoms with Crippen molar-refractivity contribution in [3.05, 3.63) is 104 Å². The molecule has 1 aliphatic heterocycles. The summed E-state index contributed by atoms with van der Waals surface area (Å²) in [5.41, 5.74) is 2.07. The maximum absolute atomic E-state index is 13.5. The van der Waals surface area contributed by atoms with Gasteiger partial charge in [-0.05, 0) is 60.5 Å². The highest BCUT2D eigenvalue weighted by atomic mass is 79.9. The lowest BCUT2D eigenvalue weighted by atomic mass is 10.1. The molecule has 33 heavy (non-hydrogen) atoms. The van der Waals surface area contributed by atoms with Gasteiger partial charge < -0.3 is 5.32 Å². The third kappa shape index (κ3) is 5.38. The standard InChI is InChI=1S/C25H17Br2N3O2S/c26-17-8-6-16(7-9-17)14-22-24(32)30(20-12-10-18(27)11-13-20)25(33-22)21(15-28)23(31)29-19-4-2-1-3-5-19/h1-13,22H,14H2,(H,29,31)/b25-21-. The predicted molar refractivity (Wildman–Crippen MR) is 139 cm³/mol. The number of benzene rings is 3. The van der Waals surface area contributed by atoms with Gasteiger partial charge in [0, 0.05) is 20.3 Å². The first-order valence-corrected chi connectivity index (χ1v) is 12.4. The summed E-state index contributed by atoms with van der Waals surface area (Å²) in [6.07, 6.45) is 0.478. The van der Waals surface area contributed by atoms with E-state index in [-0.39, 0.29) is 11.5 Å². The number of nitrogens with zero attached hydrogens (tertiary/aromatic N) is 2. The number of carbonyl (C=O) groups excluding carboxylic acids is 2. The molecular weight excluding hydrogens is 566 g/mol. The normalized spacial score (nSPS) is 16.9. The Labute approximate surface area is 212 Å². The third-order valence-corrected chi connectivity index (χ3v) is 7.28. The van der Waals surface area contributed by atoms with Crippen molar-refractivity contribution in [1.29, 1.82) is 5.26 Å². The number of amides is 2. The SMILES string of the molecule is N#C/C(C(=O)Nc1ccccc1)=C1/SC(Cc2ccc(Br)cc2)C(=O)N1c1ccc(Br)cc1. The number of rotatable bonds is 5. The van der Waals surface area contributed by atoms with Gasteiger partial charge in [0.1, 0.15) is 16.7 Å². The van der Waals surface area contributed by atoms with Gasteiger partial charge in [0.15, 0.2) is 0 Å². The van der Waals surface area contributed by atoms with Crippen LogP contribution < -0.4 is 10.2 Å². The number of carbonyl (C=O) groups is 2. The molecule has 0 radical (unpaired) electrons. The summed E-state index contributed by atoms with van der Waals surface area (Å²) >= 11 is 8.08. The van der Waals surface area contributed by atoms with Crippen molar-refractivity contribution in [2.75, 3.05) is 10.2 Å². The number of hydrogen-bond acceptors (Lipinski definition) is 4. The van der Waals surface area contributed by atoms with Gasteiger partial charge in [-0.25, -0.2) is 0 Å². The van der Waals surface area contributed by atoms with Gasteiger partial charge in [-0.3, -0.25) is 14.5 Å². The van der Waals surface area contributed by atoms with Crippen LogP contribution in [0.15, 0.2) is 98.4 Å². The van der Waals surface area contributed by atoms with Crippen molar-refractivity contribution in [2.45, 2.75) is 11.7 Å². The Hall–Kier alpha value is -2.86. The molecule has 1 heterocycles. The van der Waals surface area contributed by atoms with Gasteiger partial charge >= 0.3 is 0 Å². The minimum absolute atomic E-state index is 0.0987. The number of thioether (sulfide) groups is 1. The lowest BCUT2D eigenvalue weighted by Gasteiger charge is -2.19. The van der Waals surface area contributed by atoms with Crippen molar-refractivity contribution in [1.82, 2.24) is 0 Å².